The van der Waals surface area contributed by atoms with Gasteiger partial charge in [-0.15, -0.1) is 0 Å². The smallest absolute Gasteiger partial charge is 0.171 e. The number of hydrogen-bond donors (Lipinski definition) is 2. The van der Waals surface area contributed by atoms with Crippen LogP contribution >= 0.6 is 0 Å². The molecule has 1 heterocycles. The first-order chi connectivity index (χ1) is 7.65. The second-order valence-corrected chi connectivity index (χ2v) is 3.95. The SMILES string of the molecule is Cc1ccc(CNc2nn(C)cc2N)cc1. The molecule has 0 saturated carbocycles. The zero-order chi connectivity index (χ0) is 11.5. The van der Waals surface area contributed by atoms with E-state index in [4.69, 9.17) is 5.73 Å². The fourth-order valence-corrected chi connectivity index (χ4v) is 1.54. The molecule has 1 aromatic carbocycles. The molecule has 0 unspecified atom stereocenters. The Hall–Kier alpha value is -1.97. The van der Waals surface area contributed by atoms with Gasteiger partial charge in [0.05, 0.1) is 5.69 Å². The Morgan fingerprint density at radius 3 is 2.56 bits per heavy atom. The molecule has 0 fully saturated rings. The van der Waals surface area contributed by atoms with E-state index in [9.17, 15) is 0 Å². The van der Waals surface area contributed by atoms with Crippen molar-refractivity contribution < 1.29 is 0 Å². The van der Waals surface area contributed by atoms with Crippen LogP contribution in [0.25, 0.3) is 0 Å². The van der Waals surface area contributed by atoms with Gasteiger partial charge in [0.1, 0.15) is 0 Å². The van der Waals surface area contributed by atoms with Crippen molar-refractivity contribution in [2.75, 3.05) is 11.1 Å². The maximum absolute atomic E-state index is 5.78. The Bertz CT molecular complexity index is 470. The fraction of sp³-hybridized carbons (Fsp3) is 0.250. The highest BCUT2D eigenvalue weighted by Gasteiger charge is 2.02. The van der Waals surface area contributed by atoms with Crippen LogP contribution in [0.5, 0.6) is 0 Å². The summed E-state index contributed by atoms with van der Waals surface area (Å²) in [5, 5.41) is 7.44. The summed E-state index contributed by atoms with van der Waals surface area (Å²) >= 11 is 0. The van der Waals surface area contributed by atoms with Crippen molar-refractivity contribution in [2.45, 2.75) is 13.5 Å². The van der Waals surface area contributed by atoms with E-state index in [2.05, 4.69) is 41.6 Å². The molecule has 0 saturated heterocycles. The number of anilines is 2. The summed E-state index contributed by atoms with van der Waals surface area (Å²) in [7, 11) is 1.85. The Balaban J connectivity index is 2.02. The second-order valence-electron chi connectivity index (χ2n) is 3.95. The van der Waals surface area contributed by atoms with Gasteiger partial charge >= 0.3 is 0 Å². The van der Waals surface area contributed by atoms with Crippen molar-refractivity contribution in [3.05, 3.63) is 41.6 Å². The molecule has 3 N–H and O–H groups in total. The Morgan fingerprint density at radius 2 is 2.00 bits per heavy atom. The third kappa shape index (κ3) is 2.34. The highest BCUT2D eigenvalue weighted by Crippen LogP contribution is 2.15. The molecule has 0 aliphatic carbocycles. The summed E-state index contributed by atoms with van der Waals surface area (Å²) in [5.74, 6) is 0.739. The molecule has 0 atom stereocenters. The first kappa shape index (κ1) is 10.5. The molecule has 0 aliphatic heterocycles. The van der Waals surface area contributed by atoms with Gasteiger partial charge in [0.25, 0.3) is 0 Å². The second kappa shape index (κ2) is 4.26. The van der Waals surface area contributed by atoms with Gasteiger partial charge in [-0.25, -0.2) is 0 Å². The molecule has 4 nitrogen and oxygen atoms in total. The van der Waals surface area contributed by atoms with E-state index < -0.39 is 0 Å². The molecule has 84 valence electrons. The molecule has 2 rings (SSSR count). The topological polar surface area (TPSA) is 55.9 Å². The highest BCUT2D eigenvalue weighted by atomic mass is 15.3. The molecule has 1 aromatic heterocycles. The van der Waals surface area contributed by atoms with Crippen LogP contribution in [0.4, 0.5) is 11.5 Å². The van der Waals surface area contributed by atoms with Gasteiger partial charge in [0.2, 0.25) is 0 Å². The maximum Gasteiger partial charge on any atom is 0.171 e. The minimum absolute atomic E-state index is 0.676. The largest absolute Gasteiger partial charge is 0.394 e. The van der Waals surface area contributed by atoms with Crippen LogP contribution in [0.3, 0.4) is 0 Å². The number of nitrogens with two attached hydrogens (primary N) is 1. The summed E-state index contributed by atoms with van der Waals surface area (Å²) < 4.78 is 1.70. The Labute approximate surface area is 95.1 Å². The zero-order valence-electron chi connectivity index (χ0n) is 9.57. The highest BCUT2D eigenvalue weighted by molar-refractivity contribution is 5.59. The van der Waals surface area contributed by atoms with Crippen molar-refractivity contribution in [1.82, 2.24) is 9.78 Å². The number of aryl methyl sites for hydroxylation is 2. The summed E-state index contributed by atoms with van der Waals surface area (Å²) in [4.78, 5) is 0. The number of nitrogens with zero attached hydrogens (tertiary/aromatic N) is 2. The number of nitrogen functional groups attached to an aromatic ring is 1. The quantitative estimate of drug-likeness (QED) is 0.824. The lowest BCUT2D eigenvalue weighted by molar-refractivity contribution is 0.768. The molecule has 0 bridgehead atoms. The molecular weight excluding hydrogens is 200 g/mol. The minimum atomic E-state index is 0.676. The zero-order valence-corrected chi connectivity index (χ0v) is 9.57. The first-order valence-electron chi connectivity index (χ1n) is 5.23. The van der Waals surface area contributed by atoms with Crippen molar-refractivity contribution >= 4 is 11.5 Å². The summed E-state index contributed by atoms with van der Waals surface area (Å²) in [5.41, 5.74) is 8.94. The molecule has 0 spiro atoms. The van der Waals surface area contributed by atoms with E-state index in [0.717, 1.165) is 12.4 Å². The van der Waals surface area contributed by atoms with Gasteiger partial charge in [-0.05, 0) is 12.5 Å². The molecule has 16 heavy (non-hydrogen) atoms. The van der Waals surface area contributed by atoms with Crippen LogP contribution in [-0.2, 0) is 13.6 Å². The lowest BCUT2D eigenvalue weighted by atomic mass is 10.1. The number of rotatable bonds is 3. The van der Waals surface area contributed by atoms with Gasteiger partial charge in [-0.2, -0.15) is 5.10 Å². The molecule has 0 aliphatic rings. The summed E-state index contributed by atoms with van der Waals surface area (Å²) in [6, 6.07) is 8.39. The van der Waals surface area contributed by atoms with E-state index >= 15 is 0 Å². The number of benzene rings is 1. The third-order valence-electron chi connectivity index (χ3n) is 2.44. The Kier molecular flexibility index (Phi) is 2.81. The van der Waals surface area contributed by atoms with Crippen molar-refractivity contribution in [1.29, 1.82) is 0 Å². The van der Waals surface area contributed by atoms with Gasteiger partial charge in [-0.1, -0.05) is 29.8 Å². The predicted octanol–water partition coefficient (Wildman–Crippen LogP) is 1.92. The van der Waals surface area contributed by atoms with E-state index in [0.29, 0.717) is 5.69 Å². The van der Waals surface area contributed by atoms with Crippen LogP contribution < -0.4 is 11.1 Å². The molecular formula is C12H16N4. The van der Waals surface area contributed by atoms with Gasteiger partial charge in [-0.3, -0.25) is 4.68 Å². The monoisotopic (exact) mass is 216 g/mol. The van der Waals surface area contributed by atoms with Crippen LogP contribution in [0, 0.1) is 6.92 Å². The minimum Gasteiger partial charge on any atom is -0.394 e. The standard InChI is InChI=1S/C12H16N4/c1-9-3-5-10(6-4-9)7-14-12-11(13)8-16(2)15-12/h3-6,8H,7,13H2,1-2H3,(H,14,15). The lowest BCUT2D eigenvalue weighted by Crippen LogP contribution is -2.02. The van der Waals surface area contributed by atoms with Crippen molar-refractivity contribution in [3.8, 4) is 0 Å². The molecule has 2 aromatic rings. The predicted molar refractivity (Wildman–Crippen MR) is 66.1 cm³/mol. The molecule has 4 heteroatoms. The van der Waals surface area contributed by atoms with Crippen LogP contribution in [0.2, 0.25) is 0 Å². The van der Waals surface area contributed by atoms with E-state index in [1.165, 1.54) is 11.1 Å². The van der Waals surface area contributed by atoms with Gasteiger partial charge in [0, 0.05) is 19.8 Å². The fourth-order valence-electron chi connectivity index (χ4n) is 1.54. The normalized spacial score (nSPS) is 10.4. The third-order valence-corrected chi connectivity index (χ3v) is 2.44. The summed E-state index contributed by atoms with van der Waals surface area (Å²) in [6.07, 6.45) is 1.79. The van der Waals surface area contributed by atoms with Crippen molar-refractivity contribution in [2.24, 2.45) is 7.05 Å². The number of nitrogens with one attached hydrogen (secondary N) is 1. The number of aromatic nitrogens is 2. The van der Waals surface area contributed by atoms with E-state index in [1.54, 1.807) is 10.9 Å². The lowest BCUT2D eigenvalue weighted by Gasteiger charge is -2.04. The van der Waals surface area contributed by atoms with Gasteiger partial charge < -0.3 is 11.1 Å². The van der Waals surface area contributed by atoms with Crippen molar-refractivity contribution in [3.63, 3.8) is 0 Å². The summed E-state index contributed by atoms with van der Waals surface area (Å²) in [6.45, 7) is 2.81. The van der Waals surface area contributed by atoms with E-state index in [1.807, 2.05) is 7.05 Å². The van der Waals surface area contributed by atoms with Gasteiger partial charge in [0.15, 0.2) is 5.82 Å². The molecule has 0 radical (unpaired) electrons. The average Bonchev–Trinajstić information content (AvgIpc) is 2.57. The number of hydrogen-bond acceptors (Lipinski definition) is 3. The van der Waals surface area contributed by atoms with Crippen LogP contribution in [0.1, 0.15) is 11.1 Å². The average molecular weight is 216 g/mol. The van der Waals surface area contributed by atoms with Crippen LogP contribution in [0.15, 0.2) is 30.5 Å². The maximum atomic E-state index is 5.78. The van der Waals surface area contributed by atoms with E-state index in [-0.39, 0.29) is 0 Å². The first-order valence-corrected chi connectivity index (χ1v) is 5.23. The molecule has 0 amide bonds. The Morgan fingerprint density at radius 1 is 1.31 bits per heavy atom. The van der Waals surface area contributed by atoms with Crippen LogP contribution in [-0.4, -0.2) is 9.78 Å².